The molecule has 3 heterocycles. The van der Waals surface area contributed by atoms with Crippen molar-refractivity contribution in [3.05, 3.63) is 36.4 Å². The van der Waals surface area contributed by atoms with Crippen molar-refractivity contribution in [2.24, 2.45) is 0 Å². The second-order valence-corrected chi connectivity index (χ2v) is 4.86. The molecular formula is C14H18N4O. The average Bonchev–Trinajstić information content (AvgIpc) is 3.02. The number of piperidine rings is 1. The summed E-state index contributed by atoms with van der Waals surface area (Å²) in [5.41, 5.74) is 2.39. The monoisotopic (exact) mass is 258 g/mol. The maximum absolute atomic E-state index is 5.22. The minimum Gasteiger partial charge on any atom is -0.495 e. The van der Waals surface area contributed by atoms with Gasteiger partial charge in [-0.1, -0.05) is 0 Å². The van der Waals surface area contributed by atoms with Crippen LogP contribution in [0.1, 0.15) is 24.5 Å². The summed E-state index contributed by atoms with van der Waals surface area (Å²) < 4.78 is 5.22. The van der Waals surface area contributed by atoms with Crippen molar-refractivity contribution >= 4 is 5.69 Å². The molecule has 0 atom stereocenters. The number of nitrogens with one attached hydrogen (secondary N) is 1. The number of aromatic nitrogens is 3. The normalized spacial score (nSPS) is 16.6. The van der Waals surface area contributed by atoms with Crippen molar-refractivity contribution in [1.82, 2.24) is 15.2 Å². The molecule has 0 aliphatic carbocycles. The molecule has 0 radical (unpaired) electrons. The van der Waals surface area contributed by atoms with Crippen LogP contribution in [0, 0.1) is 0 Å². The summed E-state index contributed by atoms with van der Waals surface area (Å²) in [7, 11) is 1.67. The molecule has 0 spiro atoms. The molecule has 2 aromatic heterocycles. The predicted octanol–water partition coefficient (Wildman–Crippen LogP) is 2.20. The van der Waals surface area contributed by atoms with Crippen LogP contribution >= 0.6 is 0 Å². The molecule has 5 heteroatoms. The number of nitrogens with zero attached hydrogens (tertiary/aromatic N) is 3. The third-order valence-electron chi connectivity index (χ3n) is 3.76. The van der Waals surface area contributed by atoms with Gasteiger partial charge in [0.2, 0.25) is 0 Å². The first-order valence-corrected chi connectivity index (χ1v) is 6.60. The lowest BCUT2D eigenvalue weighted by Gasteiger charge is -2.33. The summed E-state index contributed by atoms with van der Waals surface area (Å²) in [4.78, 5) is 6.58. The van der Waals surface area contributed by atoms with Gasteiger partial charge in [-0.05, 0) is 18.9 Å². The van der Waals surface area contributed by atoms with Crippen molar-refractivity contribution in [3.8, 4) is 5.75 Å². The maximum Gasteiger partial charge on any atom is 0.139 e. The van der Waals surface area contributed by atoms with E-state index in [2.05, 4.69) is 26.1 Å². The van der Waals surface area contributed by atoms with Crippen molar-refractivity contribution in [3.63, 3.8) is 0 Å². The molecule has 1 N–H and O–H groups in total. The Balaban J connectivity index is 1.66. The van der Waals surface area contributed by atoms with Gasteiger partial charge in [0.25, 0.3) is 0 Å². The van der Waals surface area contributed by atoms with Gasteiger partial charge in [0, 0.05) is 37.0 Å². The number of ether oxygens (including phenoxy) is 1. The number of hydrogen-bond donors (Lipinski definition) is 1. The van der Waals surface area contributed by atoms with E-state index in [4.69, 9.17) is 4.74 Å². The van der Waals surface area contributed by atoms with Crippen LogP contribution in [-0.4, -0.2) is 35.4 Å². The topological polar surface area (TPSA) is 54.0 Å². The lowest BCUT2D eigenvalue weighted by atomic mass is 9.93. The van der Waals surface area contributed by atoms with Gasteiger partial charge in [0.15, 0.2) is 0 Å². The second kappa shape index (κ2) is 5.30. The van der Waals surface area contributed by atoms with Gasteiger partial charge in [-0.25, -0.2) is 0 Å². The Kier molecular flexibility index (Phi) is 3.35. The number of aromatic amines is 1. The lowest BCUT2D eigenvalue weighted by Crippen LogP contribution is -2.33. The van der Waals surface area contributed by atoms with Crippen LogP contribution in [0.15, 0.2) is 30.7 Å². The zero-order chi connectivity index (χ0) is 13.1. The van der Waals surface area contributed by atoms with E-state index < -0.39 is 0 Å². The van der Waals surface area contributed by atoms with Crippen molar-refractivity contribution in [2.45, 2.75) is 18.8 Å². The Morgan fingerprint density at radius 1 is 1.32 bits per heavy atom. The van der Waals surface area contributed by atoms with E-state index in [1.54, 1.807) is 13.3 Å². The Morgan fingerprint density at radius 2 is 2.16 bits per heavy atom. The summed E-state index contributed by atoms with van der Waals surface area (Å²) in [6.45, 7) is 2.08. The van der Waals surface area contributed by atoms with Crippen LogP contribution in [0.2, 0.25) is 0 Å². The summed E-state index contributed by atoms with van der Waals surface area (Å²) in [6, 6.07) is 4.12. The van der Waals surface area contributed by atoms with Crippen molar-refractivity contribution < 1.29 is 4.74 Å². The molecule has 19 heavy (non-hydrogen) atoms. The fourth-order valence-corrected chi connectivity index (χ4v) is 2.63. The summed E-state index contributed by atoms with van der Waals surface area (Å²) in [5, 5.41) is 7.11. The number of H-pyrrole nitrogens is 1. The van der Waals surface area contributed by atoms with E-state index in [0.717, 1.165) is 37.4 Å². The fourth-order valence-electron chi connectivity index (χ4n) is 2.63. The second-order valence-electron chi connectivity index (χ2n) is 4.86. The molecule has 0 saturated carbocycles. The molecule has 0 amide bonds. The smallest absolute Gasteiger partial charge is 0.139 e. The van der Waals surface area contributed by atoms with E-state index >= 15 is 0 Å². The van der Waals surface area contributed by atoms with E-state index in [-0.39, 0.29) is 0 Å². The van der Waals surface area contributed by atoms with Crippen molar-refractivity contribution in [2.75, 3.05) is 25.1 Å². The van der Waals surface area contributed by atoms with Gasteiger partial charge in [0.1, 0.15) is 5.75 Å². The highest BCUT2D eigenvalue weighted by molar-refractivity contribution is 5.48. The molecule has 0 unspecified atom stereocenters. The predicted molar refractivity (Wildman–Crippen MR) is 73.6 cm³/mol. The molecular weight excluding hydrogens is 240 g/mol. The van der Waals surface area contributed by atoms with Crippen LogP contribution in [-0.2, 0) is 0 Å². The van der Waals surface area contributed by atoms with Crippen LogP contribution in [0.5, 0.6) is 5.75 Å². The number of rotatable bonds is 3. The highest BCUT2D eigenvalue weighted by Gasteiger charge is 2.21. The standard InChI is InChI=1S/C14H18N4O/c1-19-13-8-12(9-15-10-13)18-6-3-11(4-7-18)14-2-5-16-17-14/h2,5,8-11H,3-4,6-7H2,1H3,(H,16,17). The van der Waals surface area contributed by atoms with Crippen LogP contribution in [0.3, 0.4) is 0 Å². The van der Waals surface area contributed by atoms with E-state index in [1.165, 1.54) is 5.69 Å². The first-order valence-electron chi connectivity index (χ1n) is 6.60. The van der Waals surface area contributed by atoms with Crippen LogP contribution < -0.4 is 9.64 Å². The first kappa shape index (κ1) is 12.0. The Bertz CT molecular complexity index is 518. The van der Waals surface area contributed by atoms with Gasteiger partial charge in [-0.15, -0.1) is 0 Å². The minimum absolute atomic E-state index is 0.595. The molecule has 3 rings (SSSR count). The largest absolute Gasteiger partial charge is 0.495 e. The summed E-state index contributed by atoms with van der Waals surface area (Å²) in [6.07, 6.45) is 7.74. The molecule has 0 bridgehead atoms. The van der Waals surface area contributed by atoms with Crippen LogP contribution in [0.4, 0.5) is 5.69 Å². The molecule has 1 aliphatic rings. The van der Waals surface area contributed by atoms with E-state index in [9.17, 15) is 0 Å². The summed E-state index contributed by atoms with van der Waals surface area (Å²) in [5.74, 6) is 1.41. The van der Waals surface area contributed by atoms with Gasteiger partial charge in [-0.2, -0.15) is 5.10 Å². The first-order chi connectivity index (χ1) is 9.36. The van der Waals surface area contributed by atoms with E-state index in [1.807, 2.05) is 18.5 Å². The maximum atomic E-state index is 5.22. The molecule has 2 aromatic rings. The molecule has 100 valence electrons. The third kappa shape index (κ3) is 2.54. The zero-order valence-electron chi connectivity index (χ0n) is 11.0. The highest BCUT2D eigenvalue weighted by Crippen LogP contribution is 2.29. The SMILES string of the molecule is COc1cncc(N2CCC(c3ccn[nH]3)CC2)c1. The number of pyridine rings is 1. The van der Waals surface area contributed by atoms with Gasteiger partial charge < -0.3 is 9.64 Å². The quantitative estimate of drug-likeness (QED) is 0.917. The van der Waals surface area contributed by atoms with Crippen LogP contribution in [0.25, 0.3) is 0 Å². The Labute approximate surface area is 112 Å². The fraction of sp³-hybridized carbons (Fsp3) is 0.429. The number of hydrogen-bond acceptors (Lipinski definition) is 4. The van der Waals surface area contributed by atoms with Gasteiger partial charge in [-0.3, -0.25) is 10.1 Å². The van der Waals surface area contributed by atoms with E-state index in [0.29, 0.717) is 5.92 Å². The number of anilines is 1. The minimum atomic E-state index is 0.595. The molecule has 5 nitrogen and oxygen atoms in total. The molecule has 0 aromatic carbocycles. The lowest BCUT2D eigenvalue weighted by molar-refractivity contribution is 0.412. The average molecular weight is 258 g/mol. The molecule has 1 saturated heterocycles. The van der Waals surface area contributed by atoms with Crippen molar-refractivity contribution in [1.29, 1.82) is 0 Å². The Morgan fingerprint density at radius 3 is 2.84 bits per heavy atom. The Hall–Kier alpha value is -2.04. The molecule has 1 fully saturated rings. The van der Waals surface area contributed by atoms with Gasteiger partial charge >= 0.3 is 0 Å². The zero-order valence-corrected chi connectivity index (χ0v) is 11.0. The van der Waals surface area contributed by atoms with Gasteiger partial charge in [0.05, 0.1) is 25.2 Å². The third-order valence-corrected chi connectivity index (χ3v) is 3.76. The highest BCUT2D eigenvalue weighted by atomic mass is 16.5. The molecule has 1 aliphatic heterocycles. The summed E-state index contributed by atoms with van der Waals surface area (Å²) >= 11 is 0. The number of methoxy groups -OCH3 is 1.